The highest BCUT2D eigenvalue weighted by Crippen LogP contribution is 2.37. The molecule has 1 aromatic heterocycles. The SMILES string of the molecule is CCOc1ccc([C@@H]2Nn3c(C)nnc3S[C@H]2C(=O)Nc2ccc(CC)cc2)cc1. The predicted molar refractivity (Wildman–Crippen MR) is 119 cm³/mol. The molecule has 0 bridgehead atoms. The molecule has 156 valence electrons. The van der Waals surface area contributed by atoms with Gasteiger partial charge in [-0.3, -0.25) is 4.79 Å². The van der Waals surface area contributed by atoms with Crippen LogP contribution in [0.4, 0.5) is 5.69 Å². The molecule has 1 amide bonds. The molecule has 4 rings (SSSR count). The van der Waals surface area contributed by atoms with Crippen LogP contribution in [0, 0.1) is 6.92 Å². The number of ether oxygens (including phenoxy) is 1. The van der Waals surface area contributed by atoms with Crippen LogP contribution < -0.4 is 15.5 Å². The molecule has 0 radical (unpaired) electrons. The number of aromatic nitrogens is 3. The number of amides is 1. The number of carbonyl (C=O) groups excluding carboxylic acids is 1. The van der Waals surface area contributed by atoms with Crippen LogP contribution in [0.2, 0.25) is 0 Å². The van der Waals surface area contributed by atoms with E-state index in [9.17, 15) is 4.79 Å². The lowest BCUT2D eigenvalue weighted by Gasteiger charge is -2.32. The Balaban J connectivity index is 1.61. The van der Waals surface area contributed by atoms with E-state index in [-0.39, 0.29) is 11.9 Å². The van der Waals surface area contributed by atoms with E-state index in [2.05, 4.69) is 27.9 Å². The van der Waals surface area contributed by atoms with Crippen molar-refractivity contribution >= 4 is 23.4 Å². The van der Waals surface area contributed by atoms with Gasteiger partial charge in [0.25, 0.3) is 0 Å². The molecule has 0 aliphatic carbocycles. The summed E-state index contributed by atoms with van der Waals surface area (Å²) < 4.78 is 7.39. The number of nitrogens with one attached hydrogen (secondary N) is 2. The number of thioether (sulfide) groups is 1. The Labute approximate surface area is 180 Å². The second-order valence-electron chi connectivity index (χ2n) is 7.05. The third-order valence-electron chi connectivity index (χ3n) is 5.04. The molecule has 0 spiro atoms. The number of nitrogens with zero attached hydrogens (tertiary/aromatic N) is 3. The minimum absolute atomic E-state index is 0.0810. The van der Waals surface area contributed by atoms with Gasteiger partial charge < -0.3 is 15.5 Å². The summed E-state index contributed by atoms with van der Waals surface area (Å²) in [5.74, 6) is 1.48. The summed E-state index contributed by atoms with van der Waals surface area (Å²) in [6, 6.07) is 15.5. The molecule has 0 unspecified atom stereocenters. The van der Waals surface area contributed by atoms with E-state index in [1.54, 1.807) is 0 Å². The summed E-state index contributed by atoms with van der Waals surface area (Å²) in [7, 11) is 0. The van der Waals surface area contributed by atoms with Crippen LogP contribution in [0.5, 0.6) is 5.75 Å². The van der Waals surface area contributed by atoms with E-state index in [0.717, 1.165) is 29.2 Å². The molecule has 2 N–H and O–H groups in total. The van der Waals surface area contributed by atoms with Crippen LogP contribution in [-0.4, -0.2) is 32.6 Å². The first-order chi connectivity index (χ1) is 14.6. The fourth-order valence-electron chi connectivity index (χ4n) is 3.39. The fraction of sp³-hybridized carbons (Fsp3) is 0.318. The molecule has 2 heterocycles. The van der Waals surface area contributed by atoms with Crippen molar-refractivity contribution < 1.29 is 9.53 Å². The number of aryl methyl sites for hydroxylation is 2. The van der Waals surface area contributed by atoms with Crippen molar-refractivity contribution in [3.05, 3.63) is 65.5 Å². The molecule has 0 saturated carbocycles. The largest absolute Gasteiger partial charge is 0.494 e. The second kappa shape index (κ2) is 8.79. The molecule has 0 fully saturated rings. The number of benzene rings is 2. The number of hydrogen-bond acceptors (Lipinski definition) is 6. The number of hydrogen-bond donors (Lipinski definition) is 2. The average molecular weight is 424 g/mol. The van der Waals surface area contributed by atoms with Gasteiger partial charge in [-0.15, -0.1) is 10.2 Å². The van der Waals surface area contributed by atoms with Gasteiger partial charge in [-0.25, -0.2) is 4.68 Å². The monoisotopic (exact) mass is 423 g/mol. The summed E-state index contributed by atoms with van der Waals surface area (Å²) in [6.45, 7) is 6.56. The molecule has 30 heavy (non-hydrogen) atoms. The quantitative estimate of drug-likeness (QED) is 0.625. The summed E-state index contributed by atoms with van der Waals surface area (Å²) in [4.78, 5) is 13.2. The van der Waals surface area contributed by atoms with Crippen molar-refractivity contribution in [3.8, 4) is 5.75 Å². The van der Waals surface area contributed by atoms with Crippen LogP contribution in [0.25, 0.3) is 0 Å². The first-order valence-corrected chi connectivity index (χ1v) is 10.9. The Bertz CT molecular complexity index is 1020. The first kappa shape index (κ1) is 20.3. The summed E-state index contributed by atoms with van der Waals surface area (Å²) in [5.41, 5.74) is 6.43. The van der Waals surface area contributed by atoms with Crippen molar-refractivity contribution in [2.75, 3.05) is 17.3 Å². The Morgan fingerprint density at radius 2 is 1.87 bits per heavy atom. The standard InChI is InChI=1S/C22H25N5O2S/c1-4-15-6-10-17(11-7-15)23-21(28)20-19(16-8-12-18(13-9-16)29-5-2)26-27-14(3)24-25-22(27)30-20/h6-13,19-20,26H,4-5H2,1-3H3,(H,23,28)/t19-,20+/m0/s1. The molecule has 1 aliphatic rings. The molecule has 2 atom stereocenters. The van der Waals surface area contributed by atoms with Crippen molar-refractivity contribution in [1.29, 1.82) is 0 Å². The van der Waals surface area contributed by atoms with E-state index < -0.39 is 5.25 Å². The minimum atomic E-state index is -0.412. The zero-order valence-electron chi connectivity index (χ0n) is 17.3. The van der Waals surface area contributed by atoms with Gasteiger partial charge in [0, 0.05) is 5.69 Å². The van der Waals surface area contributed by atoms with Crippen molar-refractivity contribution in [3.63, 3.8) is 0 Å². The molecule has 7 nitrogen and oxygen atoms in total. The molecule has 2 aromatic carbocycles. The molecule has 0 saturated heterocycles. The predicted octanol–water partition coefficient (Wildman–Crippen LogP) is 3.95. The van der Waals surface area contributed by atoms with Gasteiger partial charge in [0.2, 0.25) is 11.1 Å². The highest BCUT2D eigenvalue weighted by Gasteiger charge is 2.37. The van der Waals surface area contributed by atoms with Gasteiger partial charge >= 0.3 is 0 Å². The van der Waals surface area contributed by atoms with Gasteiger partial charge in [-0.05, 0) is 55.7 Å². The van der Waals surface area contributed by atoms with Gasteiger partial charge in [0.1, 0.15) is 16.8 Å². The lowest BCUT2D eigenvalue weighted by Crippen LogP contribution is -2.41. The molecule has 3 aromatic rings. The minimum Gasteiger partial charge on any atom is -0.494 e. The van der Waals surface area contributed by atoms with Crippen molar-refractivity contribution in [2.24, 2.45) is 0 Å². The first-order valence-electron chi connectivity index (χ1n) is 10.1. The number of fused-ring (bicyclic) bond motifs is 1. The van der Waals surface area contributed by atoms with E-state index in [1.165, 1.54) is 17.3 Å². The highest BCUT2D eigenvalue weighted by molar-refractivity contribution is 8.00. The maximum Gasteiger partial charge on any atom is 0.240 e. The topological polar surface area (TPSA) is 81.1 Å². The third-order valence-corrected chi connectivity index (χ3v) is 6.25. The molecule has 8 heteroatoms. The van der Waals surface area contributed by atoms with Gasteiger partial charge in [0.05, 0.1) is 12.6 Å². The van der Waals surface area contributed by atoms with Gasteiger partial charge in [-0.2, -0.15) is 0 Å². The molecular weight excluding hydrogens is 398 g/mol. The Morgan fingerprint density at radius 1 is 1.13 bits per heavy atom. The number of rotatable bonds is 6. The van der Waals surface area contributed by atoms with Crippen molar-refractivity contribution in [2.45, 2.75) is 43.6 Å². The normalized spacial score (nSPS) is 17.7. The summed E-state index contributed by atoms with van der Waals surface area (Å²) in [6.07, 6.45) is 0.964. The van der Waals surface area contributed by atoms with Crippen LogP contribution in [0.1, 0.15) is 36.8 Å². The molecule has 1 aliphatic heterocycles. The maximum absolute atomic E-state index is 13.2. The Hall–Kier alpha value is -3.00. The zero-order chi connectivity index (χ0) is 21.1. The molecular formula is C22H25N5O2S. The summed E-state index contributed by atoms with van der Waals surface area (Å²) >= 11 is 1.41. The van der Waals surface area contributed by atoms with E-state index >= 15 is 0 Å². The average Bonchev–Trinajstić information content (AvgIpc) is 3.14. The van der Waals surface area contributed by atoms with E-state index in [0.29, 0.717) is 11.8 Å². The van der Waals surface area contributed by atoms with Crippen molar-refractivity contribution in [1.82, 2.24) is 14.9 Å². The van der Waals surface area contributed by atoms with Gasteiger partial charge in [-0.1, -0.05) is 43.0 Å². The summed E-state index contributed by atoms with van der Waals surface area (Å²) in [5, 5.41) is 11.7. The number of carbonyl (C=O) groups is 1. The smallest absolute Gasteiger partial charge is 0.240 e. The zero-order valence-corrected chi connectivity index (χ0v) is 18.1. The highest BCUT2D eigenvalue weighted by atomic mass is 32.2. The maximum atomic E-state index is 13.2. The third kappa shape index (κ3) is 4.14. The lowest BCUT2D eigenvalue weighted by atomic mass is 10.0. The Morgan fingerprint density at radius 3 is 2.53 bits per heavy atom. The van der Waals surface area contributed by atoms with Crippen LogP contribution >= 0.6 is 11.8 Å². The second-order valence-corrected chi connectivity index (χ2v) is 8.16. The van der Waals surface area contributed by atoms with E-state index in [4.69, 9.17) is 4.74 Å². The van der Waals surface area contributed by atoms with E-state index in [1.807, 2.05) is 67.1 Å². The van der Waals surface area contributed by atoms with Crippen LogP contribution in [0.3, 0.4) is 0 Å². The van der Waals surface area contributed by atoms with Gasteiger partial charge in [0.15, 0.2) is 0 Å². The van der Waals surface area contributed by atoms with Crippen LogP contribution in [-0.2, 0) is 11.2 Å². The van der Waals surface area contributed by atoms with Crippen LogP contribution in [0.15, 0.2) is 53.7 Å². The Kier molecular flexibility index (Phi) is 5.94. The fourth-order valence-corrected chi connectivity index (χ4v) is 4.51. The number of anilines is 1. The lowest BCUT2D eigenvalue weighted by molar-refractivity contribution is -0.116.